The number of rotatable bonds is 3. The van der Waals surface area contributed by atoms with Gasteiger partial charge in [0.1, 0.15) is 6.33 Å². The molecule has 1 aromatic carbocycles. The van der Waals surface area contributed by atoms with Crippen molar-refractivity contribution >= 4 is 0 Å². The van der Waals surface area contributed by atoms with E-state index in [1.165, 1.54) is 0 Å². The van der Waals surface area contributed by atoms with E-state index in [1.54, 1.807) is 11.0 Å². The third kappa shape index (κ3) is 1.74. The van der Waals surface area contributed by atoms with E-state index in [9.17, 15) is 0 Å². The molecule has 2 aromatic rings. The molecule has 0 N–H and O–H groups in total. The summed E-state index contributed by atoms with van der Waals surface area (Å²) in [5, 5.41) is 4.11. The lowest BCUT2D eigenvalue weighted by Gasteiger charge is -1.97. The number of benzene rings is 1. The van der Waals surface area contributed by atoms with Crippen LogP contribution in [0.15, 0.2) is 36.7 Å². The molecule has 0 spiro atoms. The molecule has 0 bridgehead atoms. The highest BCUT2D eigenvalue weighted by Gasteiger charge is 2.01. The van der Waals surface area contributed by atoms with E-state index in [1.807, 2.05) is 30.3 Å². The first kappa shape index (κ1) is 8.74. The Hall–Kier alpha value is -1.84. The molecule has 4 heteroatoms. The number of hydrogen-bond acceptors (Lipinski definition) is 3. The van der Waals surface area contributed by atoms with Gasteiger partial charge in [0.05, 0.1) is 12.3 Å². The fraction of sp³-hybridized carbons (Fsp3) is 0.100. The van der Waals surface area contributed by atoms with Crippen LogP contribution in [0.3, 0.4) is 0 Å². The van der Waals surface area contributed by atoms with Gasteiger partial charge in [0.2, 0.25) is 0 Å². The van der Waals surface area contributed by atoms with Crippen molar-refractivity contribution in [2.75, 3.05) is 6.61 Å². The number of hydrogen-bond donors (Lipinski definition) is 0. The van der Waals surface area contributed by atoms with E-state index in [-0.39, 0.29) is 0 Å². The zero-order chi connectivity index (χ0) is 9.80. The lowest BCUT2D eigenvalue weighted by molar-refractivity contribution is 0.331. The van der Waals surface area contributed by atoms with Gasteiger partial charge in [-0.2, -0.15) is 4.98 Å². The van der Waals surface area contributed by atoms with Crippen molar-refractivity contribution in [2.45, 2.75) is 0 Å². The van der Waals surface area contributed by atoms with Crippen LogP contribution in [0, 0.1) is 6.92 Å². The molecular formula is C10H10N3O. The molecule has 1 aromatic heterocycles. The predicted molar refractivity (Wildman–Crippen MR) is 52.2 cm³/mol. The van der Waals surface area contributed by atoms with E-state index in [0.29, 0.717) is 12.6 Å². The van der Waals surface area contributed by atoms with Gasteiger partial charge in [-0.3, -0.25) is 0 Å². The Balaban J connectivity index is 2.25. The van der Waals surface area contributed by atoms with E-state index in [2.05, 4.69) is 17.0 Å². The normalized spacial score (nSPS) is 10.1. The average Bonchev–Trinajstić information content (AvgIpc) is 2.68. The maximum absolute atomic E-state index is 5.05. The van der Waals surface area contributed by atoms with Crippen molar-refractivity contribution < 1.29 is 4.74 Å². The van der Waals surface area contributed by atoms with Gasteiger partial charge in [0, 0.05) is 0 Å². The van der Waals surface area contributed by atoms with Crippen LogP contribution in [0.1, 0.15) is 0 Å². The Morgan fingerprint density at radius 3 is 2.79 bits per heavy atom. The molecule has 1 heterocycles. The number of aromatic nitrogens is 3. The molecule has 0 saturated carbocycles. The van der Waals surface area contributed by atoms with Crippen molar-refractivity contribution in [3.05, 3.63) is 43.6 Å². The Morgan fingerprint density at radius 2 is 2.07 bits per heavy atom. The summed E-state index contributed by atoms with van der Waals surface area (Å²) < 4.78 is 6.71. The molecule has 1 radical (unpaired) electrons. The highest BCUT2D eigenvalue weighted by Crippen LogP contribution is 2.07. The topological polar surface area (TPSA) is 39.9 Å². The van der Waals surface area contributed by atoms with Gasteiger partial charge in [-0.15, -0.1) is 5.10 Å². The summed E-state index contributed by atoms with van der Waals surface area (Å²) in [6, 6.07) is 10.1. The van der Waals surface area contributed by atoms with Crippen LogP contribution in [-0.2, 0) is 0 Å². The van der Waals surface area contributed by atoms with Crippen LogP contribution in [0.25, 0.3) is 5.69 Å². The predicted octanol–water partition coefficient (Wildman–Crippen LogP) is 1.48. The third-order valence-corrected chi connectivity index (χ3v) is 1.72. The van der Waals surface area contributed by atoms with Crippen molar-refractivity contribution in [2.24, 2.45) is 0 Å². The molecule has 0 aliphatic rings. The molecule has 4 nitrogen and oxygen atoms in total. The molecule has 14 heavy (non-hydrogen) atoms. The van der Waals surface area contributed by atoms with Crippen molar-refractivity contribution in [1.82, 2.24) is 14.8 Å². The van der Waals surface area contributed by atoms with Gasteiger partial charge in [0.15, 0.2) is 0 Å². The van der Waals surface area contributed by atoms with Crippen molar-refractivity contribution in [3.63, 3.8) is 0 Å². The van der Waals surface area contributed by atoms with Crippen molar-refractivity contribution in [1.29, 1.82) is 0 Å². The zero-order valence-corrected chi connectivity index (χ0v) is 7.63. The van der Waals surface area contributed by atoms with Crippen LogP contribution < -0.4 is 4.74 Å². The lowest BCUT2D eigenvalue weighted by Crippen LogP contribution is -1.97. The second-order valence-electron chi connectivity index (χ2n) is 2.66. The third-order valence-electron chi connectivity index (χ3n) is 1.72. The molecule has 71 valence electrons. The Labute approximate surface area is 82.2 Å². The Bertz CT molecular complexity index is 397. The standard InChI is InChI=1S/C10H10N3O/c1-2-14-10-11-8-13(12-10)9-6-4-3-5-7-9/h3-8H,1-2H2. The molecule has 0 atom stereocenters. The van der Waals surface area contributed by atoms with Crippen LogP contribution in [0.5, 0.6) is 6.01 Å². The first-order valence-corrected chi connectivity index (χ1v) is 4.29. The molecule has 0 fully saturated rings. The Kier molecular flexibility index (Phi) is 2.44. The summed E-state index contributed by atoms with van der Waals surface area (Å²) in [6.07, 6.45) is 1.61. The fourth-order valence-electron chi connectivity index (χ4n) is 1.11. The number of nitrogens with zero attached hydrogens (tertiary/aromatic N) is 3. The second-order valence-corrected chi connectivity index (χ2v) is 2.66. The van der Waals surface area contributed by atoms with E-state index < -0.39 is 0 Å². The molecular weight excluding hydrogens is 178 g/mol. The largest absolute Gasteiger partial charge is 0.462 e. The van der Waals surface area contributed by atoms with Gasteiger partial charge in [0.25, 0.3) is 0 Å². The molecule has 0 aliphatic heterocycles. The molecule has 0 amide bonds. The molecule has 0 unspecified atom stereocenters. The van der Waals surface area contributed by atoms with Gasteiger partial charge in [-0.25, -0.2) is 4.68 Å². The quantitative estimate of drug-likeness (QED) is 0.732. The highest BCUT2D eigenvalue weighted by atomic mass is 16.5. The zero-order valence-electron chi connectivity index (χ0n) is 7.63. The maximum atomic E-state index is 5.05. The summed E-state index contributed by atoms with van der Waals surface area (Å²) in [5.74, 6) is 0. The SMILES string of the molecule is [CH2]COc1ncn(-c2ccccc2)n1. The van der Waals surface area contributed by atoms with E-state index in [4.69, 9.17) is 4.74 Å². The summed E-state index contributed by atoms with van der Waals surface area (Å²) in [5.41, 5.74) is 0.957. The molecule has 0 saturated heterocycles. The maximum Gasteiger partial charge on any atom is 0.335 e. The second kappa shape index (κ2) is 3.91. The monoisotopic (exact) mass is 188 g/mol. The van der Waals surface area contributed by atoms with Gasteiger partial charge < -0.3 is 4.74 Å². The van der Waals surface area contributed by atoms with Crippen LogP contribution in [0.2, 0.25) is 0 Å². The van der Waals surface area contributed by atoms with Gasteiger partial charge >= 0.3 is 6.01 Å². The van der Waals surface area contributed by atoms with Crippen LogP contribution in [0.4, 0.5) is 0 Å². The van der Waals surface area contributed by atoms with Gasteiger partial charge in [-0.1, -0.05) is 18.2 Å². The highest BCUT2D eigenvalue weighted by molar-refractivity contribution is 5.29. The van der Waals surface area contributed by atoms with Crippen LogP contribution >= 0.6 is 0 Å². The van der Waals surface area contributed by atoms with E-state index >= 15 is 0 Å². The summed E-state index contributed by atoms with van der Waals surface area (Å²) >= 11 is 0. The average molecular weight is 188 g/mol. The first-order chi connectivity index (χ1) is 6.90. The van der Waals surface area contributed by atoms with Crippen LogP contribution in [-0.4, -0.2) is 21.4 Å². The first-order valence-electron chi connectivity index (χ1n) is 4.29. The lowest BCUT2D eigenvalue weighted by atomic mass is 10.3. The summed E-state index contributed by atoms with van der Waals surface area (Å²) in [7, 11) is 0. The number of ether oxygens (including phenoxy) is 1. The number of para-hydroxylation sites is 1. The van der Waals surface area contributed by atoms with Gasteiger partial charge in [-0.05, 0) is 19.1 Å². The van der Waals surface area contributed by atoms with E-state index in [0.717, 1.165) is 5.69 Å². The minimum atomic E-state index is 0.332. The fourth-order valence-corrected chi connectivity index (χ4v) is 1.11. The Morgan fingerprint density at radius 1 is 1.29 bits per heavy atom. The summed E-state index contributed by atoms with van der Waals surface area (Å²) in [4.78, 5) is 3.97. The summed E-state index contributed by atoms with van der Waals surface area (Å²) in [6.45, 7) is 3.88. The molecule has 0 aliphatic carbocycles. The smallest absolute Gasteiger partial charge is 0.335 e. The molecule has 2 rings (SSSR count). The minimum absolute atomic E-state index is 0.332. The minimum Gasteiger partial charge on any atom is -0.462 e. The van der Waals surface area contributed by atoms with Crippen molar-refractivity contribution in [3.8, 4) is 11.7 Å².